The third-order valence-electron chi connectivity index (χ3n) is 1.70. The van der Waals surface area contributed by atoms with E-state index >= 15 is 0 Å². The Kier molecular flexibility index (Phi) is 3.83. The summed E-state index contributed by atoms with van der Waals surface area (Å²) in [7, 11) is 0. The molecule has 0 heterocycles. The van der Waals surface area contributed by atoms with E-state index in [9.17, 15) is 13.6 Å². The zero-order valence-electron chi connectivity index (χ0n) is 7.15. The molecule has 0 bridgehead atoms. The van der Waals surface area contributed by atoms with Gasteiger partial charge in [-0.15, -0.1) is 0 Å². The second-order valence-electron chi connectivity index (χ2n) is 2.71. The first-order valence-corrected chi connectivity index (χ1v) is 5.17. The van der Waals surface area contributed by atoms with E-state index in [0.29, 0.717) is 3.57 Å². The molecule has 0 aromatic heterocycles. The van der Waals surface area contributed by atoms with Gasteiger partial charge >= 0.3 is 0 Å². The molecule has 0 saturated carbocycles. The Hall–Kier alpha value is -0.230. The van der Waals surface area contributed by atoms with Crippen LogP contribution >= 0.6 is 34.2 Å². The first kappa shape index (κ1) is 11.8. The van der Waals surface area contributed by atoms with Crippen LogP contribution in [0.2, 0.25) is 5.02 Å². The van der Waals surface area contributed by atoms with E-state index in [1.54, 1.807) is 22.6 Å². The van der Waals surface area contributed by atoms with Gasteiger partial charge in [-0.25, -0.2) is 8.78 Å². The van der Waals surface area contributed by atoms with E-state index in [0.717, 1.165) is 6.07 Å². The van der Waals surface area contributed by atoms with Crippen LogP contribution in [0, 0.1) is 3.57 Å². The Morgan fingerprint density at radius 3 is 2.50 bits per heavy atom. The number of carbonyl (C=O) groups excluding carboxylic acids is 1. The van der Waals surface area contributed by atoms with Gasteiger partial charge in [-0.1, -0.05) is 11.6 Å². The SMILES string of the molecule is CC(=O)c1cc(I)c(C(F)F)cc1Cl. The second kappa shape index (κ2) is 4.53. The summed E-state index contributed by atoms with van der Waals surface area (Å²) in [5.74, 6) is -0.228. The number of benzene rings is 1. The highest BCUT2D eigenvalue weighted by Gasteiger charge is 2.16. The van der Waals surface area contributed by atoms with Crippen molar-refractivity contribution in [3.8, 4) is 0 Å². The van der Waals surface area contributed by atoms with Crippen LogP contribution in [-0.2, 0) is 0 Å². The van der Waals surface area contributed by atoms with Crippen molar-refractivity contribution in [2.24, 2.45) is 0 Å². The Morgan fingerprint density at radius 1 is 1.50 bits per heavy atom. The summed E-state index contributed by atoms with van der Waals surface area (Å²) in [6, 6.07) is 2.53. The molecular weight excluding hydrogens is 324 g/mol. The standard InChI is InChI=1S/C9H6ClF2IO/c1-4(14)5-3-8(13)6(9(11)12)2-7(5)10/h2-3,9H,1H3. The van der Waals surface area contributed by atoms with E-state index in [-0.39, 0.29) is 21.9 Å². The number of ketones is 1. The predicted octanol–water partition coefficient (Wildman–Crippen LogP) is 4.08. The normalized spacial score (nSPS) is 10.7. The maximum absolute atomic E-state index is 12.4. The number of halogens is 4. The molecule has 0 N–H and O–H groups in total. The number of hydrogen-bond acceptors (Lipinski definition) is 1. The van der Waals surface area contributed by atoms with Gasteiger partial charge in [-0.2, -0.15) is 0 Å². The average molecular weight is 330 g/mol. The topological polar surface area (TPSA) is 17.1 Å². The van der Waals surface area contributed by atoms with Gasteiger partial charge in [0.05, 0.1) is 5.02 Å². The molecule has 0 aliphatic carbocycles. The van der Waals surface area contributed by atoms with Crippen molar-refractivity contribution in [3.63, 3.8) is 0 Å². The zero-order chi connectivity index (χ0) is 10.9. The fourth-order valence-electron chi connectivity index (χ4n) is 0.999. The van der Waals surface area contributed by atoms with E-state index in [1.807, 2.05) is 0 Å². The Labute approximate surface area is 98.6 Å². The lowest BCUT2D eigenvalue weighted by molar-refractivity contribution is 0.101. The first-order valence-electron chi connectivity index (χ1n) is 3.71. The van der Waals surface area contributed by atoms with Crippen LogP contribution in [0.15, 0.2) is 12.1 Å². The van der Waals surface area contributed by atoms with E-state index in [2.05, 4.69) is 0 Å². The quantitative estimate of drug-likeness (QED) is 0.590. The van der Waals surface area contributed by atoms with Crippen LogP contribution in [0.25, 0.3) is 0 Å². The monoisotopic (exact) mass is 330 g/mol. The third-order valence-corrected chi connectivity index (χ3v) is 2.95. The molecule has 0 spiro atoms. The van der Waals surface area contributed by atoms with Gasteiger partial charge < -0.3 is 0 Å². The fraction of sp³-hybridized carbons (Fsp3) is 0.222. The van der Waals surface area contributed by atoms with Gasteiger partial charge in [0.15, 0.2) is 5.78 Å². The molecule has 1 aromatic carbocycles. The van der Waals surface area contributed by atoms with Crippen molar-refractivity contribution in [3.05, 3.63) is 31.9 Å². The third kappa shape index (κ3) is 2.42. The molecule has 1 aromatic rings. The van der Waals surface area contributed by atoms with Crippen LogP contribution in [0.3, 0.4) is 0 Å². The van der Waals surface area contributed by atoms with Crippen LogP contribution < -0.4 is 0 Å². The summed E-state index contributed by atoms with van der Waals surface area (Å²) in [4.78, 5) is 11.0. The fourth-order valence-corrected chi connectivity index (χ4v) is 2.01. The second-order valence-corrected chi connectivity index (χ2v) is 4.28. The Bertz CT molecular complexity index is 379. The van der Waals surface area contributed by atoms with Gasteiger partial charge in [-0.3, -0.25) is 4.79 Å². The molecule has 76 valence electrons. The lowest BCUT2D eigenvalue weighted by Crippen LogP contribution is -1.98. The van der Waals surface area contributed by atoms with Crippen molar-refractivity contribution in [2.75, 3.05) is 0 Å². The first-order chi connectivity index (χ1) is 6.43. The van der Waals surface area contributed by atoms with E-state index in [4.69, 9.17) is 11.6 Å². The minimum absolute atomic E-state index is 0.0771. The largest absolute Gasteiger partial charge is 0.294 e. The zero-order valence-corrected chi connectivity index (χ0v) is 10.1. The predicted molar refractivity (Wildman–Crippen MR) is 59.1 cm³/mol. The molecule has 0 aliphatic rings. The molecule has 0 amide bonds. The molecule has 0 radical (unpaired) electrons. The molecule has 0 saturated heterocycles. The maximum atomic E-state index is 12.4. The minimum Gasteiger partial charge on any atom is -0.294 e. The molecule has 0 fully saturated rings. The highest BCUT2D eigenvalue weighted by Crippen LogP contribution is 2.30. The molecular formula is C9H6ClF2IO. The summed E-state index contributed by atoms with van der Waals surface area (Å²) >= 11 is 7.44. The molecule has 1 rings (SSSR count). The average Bonchev–Trinajstić information content (AvgIpc) is 2.07. The summed E-state index contributed by atoms with van der Waals surface area (Å²) in [5.41, 5.74) is 0.140. The number of carbonyl (C=O) groups is 1. The summed E-state index contributed by atoms with van der Waals surface area (Å²) < 4.78 is 25.1. The summed E-state index contributed by atoms with van der Waals surface area (Å²) in [5, 5.41) is 0.0771. The summed E-state index contributed by atoms with van der Waals surface area (Å²) in [6.45, 7) is 1.35. The van der Waals surface area contributed by atoms with Crippen LogP contribution in [0.4, 0.5) is 8.78 Å². The molecule has 0 aliphatic heterocycles. The summed E-state index contributed by atoms with van der Waals surface area (Å²) in [6.07, 6.45) is -2.57. The number of rotatable bonds is 2. The van der Waals surface area contributed by atoms with Crippen molar-refractivity contribution in [2.45, 2.75) is 13.3 Å². The van der Waals surface area contributed by atoms with Gasteiger partial charge in [0, 0.05) is 14.7 Å². The number of alkyl halides is 2. The number of hydrogen-bond donors (Lipinski definition) is 0. The van der Waals surface area contributed by atoms with Gasteiger partial charge in [0.1, 0.15) is 0 Å². The maximum Gasteiger partial charge on any atom is 0.264 e. The Balaban J connectivity index is 3.31. The smallest absolute Gasteiger partial charge is 0.264 e. The highest BCUT2D eigenvalue weighted by molar-refractivity contribution is 14.1. The molecule has 14 heavy (non-hydrogen) atoms. The Morgan fingerprint density at radius 2 is 2.07 bits per heavy atom. The van der Waals surface area contributed by atoms with Gasteiger partial charge in [0.25, 0.3) is 6.43 Å². The highest BCUT2D eigenvalue weighted by atomic mass is 127. The van der Waals surface area contributed by atoms with E-state index < -0.39 is 6.43 Å². The van der Waals surface area contributed by atoms with Crippen LogP contribution in [-0.4, -0.2) is 5.78 Å². The molecule has 0 atom stereocenters. The van der Waals surface area contributed by atoms with Crippen LogP contribution in [0.1, 0.15) is 29.3 Å². The van der Waals surface area contributed by atoms with Crippen molar-refractivity contribution in [1.82, 2.24) is 0 Å². The number of Topliss-reactive ketones (excluding diaryl/α,β-unsaturated/α-hetero) is 1. The lowest BCUT2D eigenvalue weighted by atomic mass is 10.1. The minimum atomic E-state index is -2.57. The van der Waals surface area contributed by atoms with Crippen molar-refractivity contribution in [1.29, 1.82) is 0 Å². The molecule has 1 nitrogen and oxygen atoms in total. The van der Waals surface area contributed by atoms with Crippen molar-refractivity contribution < 1.29 is 13.6 Å². The molecule has 5 heteroatoms. The van der Waals surface area contributed by atoms with E-state index in [1.165, 1.54) is 13.0 Å². The lowest BCUT2D eigenvalue weighted by Gasteiger charge is -2.06. The van der Waals surface area contributed by atoms with Crippen LogP contribution in [0.5, 0.6) is 0 Å². The van der Waals surface area contributed by atoms with Gasteiger partial charge in [-0.05, 0) is 41.6 Å². The van der Waals surface area contributed by atoms with Crippen molar-refractivity contribution >= 4 is 40.0 Å². The van der Waals surface area contributed by atoms with Gasteiger partial charge in [0.2, 0.25) is 0 Å². The molecule has 0 unspecified atom stereocenters.